The normalized spacial score (nSPS) is 22.2. The Labute approximate surface area is 203 Å². The summed E-state index contributed by atoms with van der Waals surface area (Å²) in [5.74, 6) is 1.53. The van der Waals surface area contributed by atoms with E-state index in [2.05, 4.69) is 22.8 Å². The van der Waals surface area contributed by atoms with Crippen molar-refractivity contribution in [3.8, 4) is 5.75 Å². The fraction of sp³-hybridized carbons (Fsp3) is 0.667. The predicted octanol–water partition coefficient (Wildman–Crippen LogP) is 2.26. The van der Waals surface area contributed by atoms with Crippen molar-refractivity contribution in [3.63, 3.8) is 0 Å². The molecule has 31 heavy (non-hydrogen) atoms. The van der Waals surface area contributed by atoms with E-state index in [9.17, 15) is 8.42 Å². The van der Waals surface area contributed by atoms with Crippen molar-refractivity contribution >= 4 is 40.0 Å². The molecule has 0 amide bonds. The van der Waals surface area contributed by atoms with Crippen LogP contribution in [-0.4, -0.2) is 69.9 Å². The molecule has 2 N–H and O–H groups in total. The minimum absolute atomic E-state index is 0. The van der Waals surface area contributed by atoms with Crippen LogP contribution in [0.15, 0.2) is 23.2 Å². The molecule has 0 radical (unpaired) electrons. The van der Waals surface area contributed by atoms with Crippen molar-refractivity contribution in [3.05, 3.63) is 29.3 Å². The van der Waals surface area contributed by atoms with E-state index >= 15 is 0 Å². The number of aliphatic imine (C=N–C) groups is 1. The summed E-state index contributed by atoms with van der Waals surface area (Å²) in [4.78, 5) is 4.71. The van der Waals surface area contributed by atoms with E-state index in [0.29, 0.717) is 32.2 Å². The van der Waals surface area contributed by atoms with Crippen molar-refractivity contribution in [2.24, 2.45) is 4.99 Å². The van der Waals surface area contributed by atoms with Crippen LogP contribution < -0.4 is 15.4 Å². The number of ether oxygens (including phenoxy) is 2. The van der Waals surface area contributed by atoms with E-state index in [-0.39, 0.29) is 36.1 Å². The third kappa shape index (κ3) is 7.76. The monoisotopic (exact) mass is 566 g/mol. The number of guanidine groups is 1. The van der Waals surface area contributed by atoms with Crippen LogP contribution in [0.25, 0.3) is 0 Å². The second-order valence-electron chi connectivity index (χ2n) is 7.96. The van der Waals surface area contributed by atoms with Gasteiger partial charge in [-0.25, -0.2) is 13.4 Å². The lowest BCUT2D eigenvalue weighted by molar-refractivity contribution is 0.140. The van der Waals surface area contributed by atoms with E-state index in [1.807, 2.05) is 19.9 Å². The standard InChI is InChI=1S/C21H34N4O4S.HI/c1-4-22-21(24-14-18-6-5-10-25(18)30(3,26)27)23-13-17-8-7-16(2)12-20(17)29-19-9-11-28-15-19;/h7-8,12,18-19H,4-6,9-11,13-15H2,1-3H3,(H2,22,23,24);1H/t18-,19?;/m1./s1. The number of hydrogen-bond donors (Lipinski definition) is 2. The number of aryl methyl sites for hydroxylation is 1. The molecule has 0 saturated carbocycles. The molecule has 0 aliphatic carbocycles. The van der Waals surface area contributed by atoms with Crippen LogP contribution in [0.4, 0.5) is 0 Å². The summed E-state index contributed by atoms with van der Waals surface area (Å²) in [6.07, 6.45) is 4.02. The Balaban J connectivity index is 0.00000341. The van der Waals surface area contributed by atoms with Gasteiger partial charge >= 0.3 is 0 Å². The molecule has 1 aromatic rings. The minimum Gasteiger partial charge on any atom is -0.488 e. The Hall–Kier alpha value is -1.11. The summed E-state index contributed by atoms with van der Waals surface area (Å²) in [5.41, 5.74) is 2.16. The average Bonchev–Trinajstić information content (AvgIpc) is 3.36. The largest absolute Gasteiger partial charge is 0.488 e. The Morgan fingerprint density at radius 1 is 1.32 bits per heavy atom. The molecule has 2 aliphatic heterocycles. The number of nitrogens with one attached hydrogen (secondary N) is 2. The van der Waals surface area contributed by atoms with Crippen molar-refractivity contribution in [2.45, 2.75) is 51.8 Å². The Morgan fingerprint density at radius 2 is 2.13 bits per heavy atom. The average molecular weight is 567 g/mol. The summed E-state index contributed by atoms with van der Waals surface area (Å²) in [6.45, 7) is 7.75. The van der Waals surface area contributed by atoms with Gasteiger partial charge in [0.2, 0.25) is 10.0 Å². The first kappa shape index (κ1) is 26.1. The van der Waals surface area contributed by atoms with E-state index < -0.39 is 10.0 Å². The molecule has 3 rings (SSSR count). The SMILES string of the molecule is CCNC(=NCc1ccc(C)cc1OC1CCOC1)NC[C@H]1CCCN1S(C)(=O)=O.I. The highest BCUT2D eigenvalue weighted by Crippen LogP contribution is 2.24. The summed E-state index contributed by atoms with van der Waals surface area (Å²) in [6, 6.07) is 6.12. The molecule has 0 aromatic heterocycles. The molecule has 1 unspecified atom stereocenters. The highest BCUT2D eigenvalue weighted by molar-refractivity contribution is 14.0. The van der Waals surface area contributed by atoms with Crippen molar-refractivity contribution in [1.82, 2.24) is 14.9 Å². The van der Waals surface area contributed by atoms with Gasteiger partial charge in [0.15, 0.2) is 5.96 Å². The lowest BCUT2D eigenvalue weighted by Crippen LogP contribution is -2.46. The van der Waals surface area contributed by atoms with Gasteiger partial charge in [0.05, 0.1) is 26.0 Å². The molecule has 2 aliphatic rings. The lowest BCUT2D eigenvalue weighted by atomic mass is 10.1. The van der Waals surface area contributed by atoms with E-state index in [1.54, 1.807) is 4.31 Å². The van der Waals surface area contributed by atoms with Gasteiger partial charge in [-0.2, -0.15) is 4.31 Å². The minimum atomic E-state index is -3.18. The van der Waals surface area contributed by atoms with Crippen LogP contribution in [0.2, 0.25) is 0 Å². The third-order valence-corrected chi connectivity index (χ3v) is 6.74. The second-order valence-corrected chi connectivity index (χ2v) is 9.90. The van der Waals surface area contributed by atoms with Crippen LogP contribution in [-0.2, 0) is 21.3 Å². The second kappa shape index (κ2) is 12.2. The van der Waals surface area contributed by atoms with E-state index in [0.717, 1.165) is 49.3 Å². The summed E-state index contributed by atoms with van der Waals surface area (Å²) in [5, 5.41) is 6.56. The summed E-state index contributed by atoms with van der Waals surface area (Å²) in [7, 11) is -3.18. The maximum absolute atomic E-state index is 12.0. The Morgan fingerprint density at radius 3 is 2.81 bits per heavy atom. The van der Waals surface area contributed by atoms with Crippen LogP contribution in [0, 0.1) is 6.92 Å². The van der Waals surface area contributed by atoms with Crippen LogP contribution in [0.5, 0.6) is 5.75 Å². The summed E-state index contributed by atoms with van der Waals surface area (Å²) < 4.78 is 37.1. The van der Waals surface area contributed by atoms with Gasteiger partial charge in [-0.1, -0.05) is 12.1 Å². The van der Waals surface area contributed by atoms with Gasteiger partial charge in [-0.05, 0) is 38.3 Å². The first-order chi connectivity index (χ1) is 14.4. The number of benzene rings is 1. The molecule has 2 fully saturated rings. The van der Waals surface area contributed by atoms with Gasteiger partial charge in [0.25, 0.3) is 0 Å². The van der Waals surface area contributed by atoms with Gasteiger partial charge in [-0.15, -0.1) is 24.0 Å². The fourth-order valence-corrected chi connectivity index (χ4v) is 5.04. The number of sulfonamides is 1. The molecule has 1 aromatic carbocycles. The molecular weight excluding hydrogens is 531 g/mol. The van der Waals surface area contributed by atoms with Crippen molar-refractivity contribution in [1.29, 1.82) is 0 Å². The molecule has 2 heterocycles. The summed E-state index contributed by atoms with van der Waals surface area (Å²) >= 11 is 0. The first-order valence-corrected chi connectivity index (χ1v) is 12.5. The Bertz CT molecular complexity index is 844. The zero-order valence-corrected chi connectivity index (χ0v) is 21.7. The number of nitrogens with zero attached hydrogens (tertiary/aromatic N) is 2. The van der Waals surface area contributed by atoms with E-state index in [1.165, 1.54) is 6.26 Å². The highest BCUT2D eigenvalue weighted by Gasteiger charge is 2.31. The molecule has 8 nitrogen and oxygen atoms in total. The molecule has 2 saturated heterocycles. The predicted molar refractivity (Wildman–Crippen MR) is 134 cm³/mol. The topological polar surface area (TPSA) is 92.3 Å². The maximum atomic E-state index is 12.0. The molecule has 0 spiro atoms. The fourth-order valence-electron chi connectivity index (χ4n) is 3.86. The van der Waals surface area contributed by atoms with Crippen LogP contribution in [0.1, 0.15) is 37.3 Å². The molecule has 10 heteroatoms. The number of hydrogen-bond acceptors (Lipinski definition) is 5. The van der Waals surface area contributed by atoms with Crippen LogP contribution in [0.3, 0.4) is 0 Å². The zero-order chi connectivity index (χ0) is 21.6. The Kier molecular flexibility index (Phi) is 10.3. The lowest BCUT2D eigenvalue weighted by Gasteiger charge is -2.23. The number of rotatable bonds is 8. The molecule has 176 valence electrons. The smallest absolute Gasteiger partial charge is 0.211 e. The van der Waals surface area contributed by atoms with Gasteiger partial charge in [0.1, 0.15) is 11.9 Å². The van der Waals surface area contributed by atoms with Gasteiger partial charge in [0, 0.05) is 37.7 Å². The van der Waals surface area contributed by atoms with Crippen LogP contribution >= 0.6 is 24.0 Å². The zero-order valence-electron chi connectivity index (χ0n) is 18.6. The quantitative estimate of drug-likeness (QED) is 0.285. The highest BCUT2D eigenvalue weighted by atomic mass is 127. The maximum Gasteiger partial charge on any atom is 0.211 e. The first-order valence-electron chi connectivity index (χ1n) is 10.7. The van der Waals surface area contributed by atoms with E-state index in [4.69, 9.17) is 14.5 Å². The van der Waals surface area contributed by atoms with Crippen molar-refractivity contribution in [2.75, 3.05) is 39.1 Å². The molecular formula is C21H35IN4O4S. The van der Waals surface area contributed by atoms with Gasteiger partial charge in [-0.3, -0.25) is 0 Å². The third-order valence-electron chi connectivity index (χ3n) is 5.41. The molecule has 2 atom stereocenters. The number of halogens is 1. The molecule has 0 bridgehead atoms. The van der Waals surface area contributed by atoms with Gasteiger partial charge < -0.3 is 20.1 Å². The van der Waals surface area contributed by atoms with Crippen molar-refractivity contribution < 1.29 is 17.9 Å².